The summed E-state index contributed by atoms with van der Waals surface area (Å²) in [6.45, 7) is 5.76. The molecule has 0 bridgehead atoms. The van der Waals surface area contributed by atoms with Crippen LogP contribution in [0, 0.1) is 5.41 Å². The zero-order valence-electron chi connectivity index (χ0n) is 19.7. The number of carbonyl (C=O) groups is 3. The average Bonchev–Trinajstić information content (AvgIpc) is 3.31. The minimum atomic E-state index is -0.687. The molecule has 34 heavy (non-hydrogen) atoms. The number of rotatable bonds is 4. The highest BCUT2D eigenvalue weighted by molar-refractivity contribution is 7.99. The van der Waals surface area contributed by atoms with Crippen molar-refractivity contribution in [1.29, 1.82) is 0 Å². The van der Waals surface area contributed by atoms with Crippen molar-refractivity contribution in [1.82, 2.24) is 20.1 Å². The van der Waals surface area contributed by atoms with Crippen molar-refractivity contribution in [3.63, 3.8) is 0 Å². The maximum absolute atomic E-state index is 13.9. The Morgan fingerprint density at radius 1 is 1.26 bits per heavy atom. The van der Waals surface area contributed by atoms with Gasteiger partial charge in [-0.05, 0) is 43.1 Å². The van der Waals surface area contributed by atoms with Gasteiger partial charge in [0, 0.05) is 18.6 Å². The van der Waals surface area contributed by atoms with Gasteiger partial charge in [-0.15, -0.1) is 11.8 Å². The van der Waals surface area contributed by atoms with Crippen molar-refractivity contribution in [2.24, 2.45) is 5.41 Å². The predicted molar refractivity (Wildman–Crippen MR) is 137 cm³/mol. The van der Waals surface area contributed by atoms with Crippen LogP contribution in [0.25, 0.3) is 10.9 Å². The van der Waals surface area contributed by atoms with Gasteiger partial charge in [-0.3, -0.25) is 14.2 Å². The van der Waals surface area contributed by atoms with Crippen molar-refractivity contribution in [2.45, 2.75) is 57.2 Å². The van der Waals surface area contributed by atoms with E-state index in [-0.39, 0.29) is 22.2 Å². The number of amides is 2. The van der Waals surface area contributed by atoms with E-state index < -0.39 is 29.7 Å². The van der Waals surface area contributed by atoms with Crippen LogP contribution < -0.4 is 10.6 Å². The first kappa shape index (κ1) is 24.5. The Balaban J connectivity index is 1.60. The molecule has 1 aromatic carbocycles. The monoisotopic (exact) mass is 502 g/mol. The van der Waals surface area contributed by atoms with Crippen molar-refractivity contribution in [3.05, 3.63) is 36.5 Å². The predicted octanol–water partition coefficient (Wildman–Crippen LogP) is 3.40. The SMILES string of the molecule is CNC(=O)OC(C)C(=S)N[C@H]1CCS[C@H]2CC(C)(C)[C@H](C(=O)n3ccc4ccccc43)N2C1=O. The van der Waals surface area contributed by atoms with Crippen molar-refractivity contribution >= 4 is 57.8 Å². The number of ether oxygens (including phenoxy) is 1. The molecule has 10 heteroatoms. The summed E-state index contributed by atoms with van der Waals surface area (Å²) < 4.78 is 6.86. The van der Waals surface area contributed by atoms with Crippen molar-refractivity contribution in [2.75, 3.05) is 12.8 Å². The Kier molecular flexibility index (Phi) is 6.91. The number of nitrogens with one attached hydrogen (secondary N) is 2. The lowest BCUT2D eigenvalue weighted by atomic mass is 9.84. The largest absolute Gasteiger partial charge is 0.439 e. The van der Waals surface area contributed by atoms with Gasteiger partial charge < -0.3 is 20.3 Å². The zero-order chi connectivity index (χ0) is 24.6. The molecule has 0 aliphatic carbocycles. The van der Waals surface area contributed by atoms with E-state index in [4.69, 9.17) is 17.0 Å². The highest BCUT2D eigenvalue weighted by Crippen LogP contribution is 2.47. The Bertz CT molecular complexity index is 1130. The van der Waals surface area contributed by atoms with E-state index in [0.29, 0.717) is 6.42 Å². The van der Waals surface area contributed by atoms with Crippen molar-refractivity contribution in [3.8, 4) is 0 Å². The van der Waals surface area contributed by atoms with Crippen LogP contribution >= 0.6 is 24.0 Å². The number of fused-ring (bicyclic) bond motifs is 2. The van der Waals surface area contributed by atoms with Gasteiger partial charge in [0.05, 0.1) is 10.9 Å². The van der Waals surface area contributed by atoms with Crippen LogP contribution in [0.2, 0.25) is 0 Å². The van der Waals surface area contributed by atoms with Gasteiger partial charge in [0.25, 0.3) is 5.91 Å². The molecule has 2 aromatic rings. The van der Waals surface area contributed by atoms with Gasteiger partial charge in [0.2, 0.25) is 5.91 Å². The summed E-state index contributed by atoms with van der Waals surface area (Å²) in [6, 6.07) is 8.46. The zero-order valence-corrected chi connectivity index (χ0v) is 21.4. The molecule has 0 radical (unpaired) electrons. The van der Waals surface area contributed by atoms with E-state index >= 15 is 0 Å². The van der Waals surface area contributed by atoms with Crippen LogP contribution in [0.3, 0.4) is 0 Å². The molecule has 8 nitrogen and oxygen atoms in total. The fraction of sp³-hybridized carbons (Fsp3) is 0.500. The molecule has 2 amide bonds. The number of nitrogens with zero attached hydrogens (tertiary/aromatic N) is 2. The summed E-state index contributed by atoms with van der Waals surface area (Å²) >= 11 is 7.12. The third-order valence-corrected chi connectivity index (χ3v) is 8.24. The standard InChI is InChI=1S/C24H30N4O4S2/c1-14(32-23(31)25-4)20(33)26-16-10-12-34-18-13-24(2,3)19(28(18)21(16)29)22(30)27-11-9-15-7-5-6-8-17(15)27/h5-9,11,14,16,18-19H,10,12-13H2,1-4H3,(H,25,31)(H,26,33)/t14?,16-,18-,19-/m0/s1. The van der Waals surface area contributed by atoms with Crippen LogP contribution in [0.15, 0.2) is 36.5 Å². The quantitative estimate of drug-likeness (QED) is 0.619. The van der Waals surface area contributed by atoms with Gasteiger partial charge in [0.1, 0.15) is 17.1 Å². The number of thiocarbonyl (C=S) groups is 1. The molecule has 3 heterocycles. The van der Waals surface area contributed by atoms with Gasteiger partial charge in [-0.1, -0.05) is 44.3 Å². The fourth-order valence-electron chi connectivity index (χ4n) is 4.79. The number of hydrogen-bond acceptors (Lipinski definition) is 6. The van der Waals surface area contributed by atoms with E-state index in [0.717, 1.165) is 23.1 Å². The maximum Gasteiger partial charge on any atom is 0.407 e. The summed E-state index contributed by atoms with van der Waals surface area (Å²) in [5.74, 6) is 0.494. The molecular weight excluding hydrogens is 472 g/mol. The number of hydrogen-bond donors (Lipinski definition) is 2. The van der Waals surface area contributed by atoms with E-state index in [1.54, 1.807) is 34.3 Å². The Morgan fingerprint density at radius 2 is 2.00 bits per heavy atom. The highest BCUT2D eigenvalue weighted by Gasteiger charge is 2.54. The average molecular weight is 503 g/mol. The molecule has 2 aliphatic heterocycles. The maximum atomic E-state index is 13.9. The van der Waals surface area contributed by atoms with Crippen LogP contribution in [-0.2, 0) is 9.53 Å². The summed E-state index contributed by atoms with van der Waals surface area (Å²) in [5, 5.41) is 6.39. The lowest BCUT2D eigenvalue weighted by molar-refractivity contribution is -0.134. The molecule has 4 rings (SSSR count). The van der Waals surface area contributed by atoms with E-state index in [2.05, 4.69) is 24.5 Å². The molecule has 0 spiro atoms. The highest BCUT2D eigenvalue weighted by atomic mass is 32.2. The molecule has 2 aliphatic rings. The minimum Gasteiger partial charge on any atom is -0.439 e. The van der Waals surface area contributed by atoms with Gasteiger partial charge in [-0.2, -0.15) is 0 Å². The normalized spacial score (nSPS) is 24.8. The van der Waals surface area contributed by atoms with E-state index in [9.17, 15) is 14.4 Å². The first-order chi connectivity index (χ1) is 16.1. The smallest absolute Gasteiger partial charge is 0.407 e. The number of alkyl carbamates (subject to hydrolysis) is 1. The first-order valence-electron chi connectivity index (χ1n) is 11.4. The van der Waals surface area contributed by atoms with Crippen LogP contribution in [-0.4, -0.2) is 68.7 Å². The second-order valence-corrected chi connectivity index (χ2v) is 11.1. The number of aromatic nitrogens is 1. The van der Waals surface area contributed by atoms with Crippen LogP contribution in [0.5, 0.6) is 0 Å². The van der Waals surface area contributed by atoms with E-state index in [1.165, 1.54) is 7.05 Å². The minimum absolute atomic E-state index is 0.0850. The summed E-state index contributed by atoms with van der Waals surface area (Å²) in [4.78, 5) is 41.3. The van der Waals surface area contributed by atoms with Gasteiger partial charge in [-0.25, -0.2) is 4.79 Å². The third kappa shape index (κ3) is 4.53. The molecule has 182 valence electrons. The Morgan fingerprint density at radius 3 is 2.74 bits per heavy atom. The number of thioether (sulfide) groups is 1. The van der Waals surface area contributed by atoms with Gasteiger partial charge >= 0.3 is 6.09 Å². The topological polar surface area (TPSA) is 92.7 Å². The molecule has 2 N–H and O–H groups in total. The number of para-hydroxylation sites is 1. The van der Waals surface area contributed by atoms with Crippen LogP contribution in [0.4, 0.5) is 4.79 Å². The second kappa shape index (κ2) is 9.58. The molecule has 1 aromatic heterocycles. The third-order valence-electron chi connectivity index (χ3n) is 6.54. The van der Waals surface area contributed by atoms with Gasteiger partial charge in [0.15, 0.2) is 6.10 Å². The number of carbonyl (C=O) groups excluding carboxylic acids is 3. The molecule has 0 saturated carbocycles. The molecule has 2 fully saturated rings. The summed E-state index contributed by atoms with van der Waals surface area (Å²) in [7, 11) is 1.47. The lowest BCUT2D eigenvalue weighted by Crippen LogP contribution is -2.56. The first-order valence-corrected chi connectivity index (χ1v) is 12.8. The Hall–Kier alpha value is -2.59. The fourth-order valence-corrected chi connectivity index (χ4v) is 6.56. The molecule has 2 saturated heterocycles. The van der Waals surface area contributed by atoms with Crippen LogP contribution in [0.1, 0.15) is 38.4 Å². The molecular formula is C24H30N4O4S2. The lowest BCUT2D eigenvalue weighted by Gasteiger charge is -2.34. The molecule has 1 unspecified atom stereocenters. The molecule has 4 atom stereocenters. The van der Waals surface area contributed by atoms with E-state index in [1.807, 2.05) is 30.3 Å². The second-order valence-electron chi connectivity index (χ2n) is 9.40. The summed E-state index contributed by atoms with van der Waals surface area (Å²) in [5.41, 5.74) is 0.436. The summed E-state index contributed by atoms with van der Waals surface area (Å²) in [6.07, 6.45) is 1.80. The van der Waals surface area contributed by atoms with Crippen molar-refractivity contribution < 1.29 is 19.1 Å². The number of benzene rings is 1. The Labute approximate surface area is 208 Å².